The van der Waals surface area contributed by atoms with Gasteiger partial charge in [-0.3, -0.25) is 0 Å². The first-order chi connectivity index (χ1) is 8.19. The van der Waals surface area contributed by atoms with E-state index in [-0.39, 0.29) is 6.04 Å². The number of hydrogen-bond acceptors (Lipinski definition) is 2. The van der Waals surface area contributed by atoms with Crippen LogP contribution in [0.2, 0.25) is 0 Å². The van der Waals surface area contributed by atoms with Gasteiger partial charge in [0.2, 0.25) is 0 Å². The Hall–Kier alpha value is -0.820. The van der Waals surface area contributed by atoms with Gasteiger partial charge in [-0.15, -0.1) is 11.8 Å². The molecule has 0 fully saturated rings. The van der Waals surface area contributed by atoms with E-state index in [4.69, 9.17) is 5.73 Å². The van der Waals surface area contributed by atoms with Gasteiger partial charge in [0.25, 0.3) is 0 Å². The molecule has 0 bridgehead atoms. The van der Waals surface area contributed by atoms with E-state index in [1.165, 1.54) is 11.1 Å². The molecule has 1 rings (SSSR count). The number of nitrogens with one attached hydrogen (secondary N) is 1. The number of rotatable bonds is 5. The highest BCUT2D eigenvalue weighted by atomic mass is 79.9. The van der Waals surface area contributed by atoms with Crippen molar-refractivity contribution in [3.8, 4) is 11.8 Å². The van der Waals surface area contributed by atoms with Gasteiger partial charge < -0.3 is 11.1 Å². The van der Waals surface area contributed by atoms with Crippen molar-refractivity contribution in [2.75, 3.05) is 13.1 Å². The first-order valence-corrected chi connectivity index (χ1v) is 6.57. The van der Waals surface area contributed by atoms with Crippen LogP contribution in [0.4, 0.5) is 0 Å². The molecule has 1 aromatic rings. The van der Waals surface area contributed by atoms with Crippen LogP contribution < -0.4 is 11.1 Å². The smallest absolute Gasteiger partial charge is 0.0444 e. The Bertz CT molecular complexity index is 418. The lowest BCUT2D eigenvalue weighted by molar-refractivity contribution is 0.550. The summed E-state index contributed by atoms with van der Waals surface area (Å²) in [5, 5.41) is 3.42. The quantitative estimate of drug-likeness (QED) is 0.647. The number of nitrogens with two attached hydrogens (primary N) is 1. The minimum Gasteiger partial charge on any atom is -0.329 e. The monoisotopic (exact) mass is 294 g/mol. The van der Waals surface area contributed by atoms with Gasteiger partial charge in [0.15, 0.2) is 0 Å². The van der Waals surface area contributed by atoms with Gasteiger partial charge in [0.05, 0.1) is 0 Å². The third-order valence-electron chi connectivity index (χ3n) is 2.64. The van der Waals surface area contributed by atoms with Gasteiger partial charge in [-0.25, -0.2) is 0 Å². The summed E-state index contributed by atoms with van der Waals surface area (Å²) < 4.78 is 1.13. The van der Waals surface area contributed by atoms with Crippen LogP contribution in [-0.2, 0) is 0 Å². The Balaban J connectivity index is 2.64. The van der Waals surface area contributed by atoms with Crippen LogP contribution in [-0.4, -0.2) is 13.1 Å². The fourth-order valence-corrected chi connectivity index (χ4v) is 1.90. The fourth-order valence-electron chi connectivity index (χ4n) is 1.66. The summed E-state index contributed by atoms with van der Waals surface area (Å²) in [4.78, 5) is 0. The molecule has 2 nitrogen and oxygen atoms in total. The molecule has 3 N–H and O–H groups in total. The van der Waals surface area contributed by atoms with E-state index in [0.29, 0.717) is 6.54 Å². The molecule has 1 unspecified atom stereocenters. The first-order valence-electron chi connectivity index (χ1n) is 5.78. The van der Waals surface area contributed by atoms with Crippen LogP contribution in [0.1, 0.15) is 30.5 Å². The molecule has 0 aliphatic carbocycles. The number of aryl methyl sites for hydroxylation is 1. The van der Waals surface area contributed by atoms with Crippen molar-refractivity contribution in [3.05, 3.63) is 33.8 Å². The Labute approximate surface area is 112 Å². The van der Waals surface area contributed by atoms with Crippen LogP contribution >= 0.6 is 15.9 Å². The minimum absolute atomic E-state index is 0.209. The molecule has 3 heteroatoms. The molecular formula is C14H19BrN2. The summed E-state index contributed by atoms with van der Waals surface area (Å²) in [5.41, 5.74) is 8.26. The van der Waals surface area contributed by atoms with Gasteiger partial charge in [-0.05, 0) is 31.0 Å². The predicted octanol–water partition coefficient (Wildman–Crippen LogP) is 2.76. The normalized spacial score (nSPS) is 11.8. The molecule has 0 radical (unpaired) electrons. The van der Waals surface area contributed by atoms with Gasteiger partial charge in [0, 0.05) is 30.0 Å². The van der Waals surface area contributed by atoms with Crippen molar-refractivity contribution < 1.29 is 0 Å². The summed E-state index contributed by atoms with van der Waals surface area (Å²) in [7, 11) is 0. The third-order valence-corrected chi connectivity index (χ3v) is 3.53. The van der Waals surface area contributed by atoms with E-state index in [1.54, 1.807) is 0 Å². The van der Waals surface area contributed by atoms with Crippen molar-refractivity contribution in [2.45, 2.75) is 26.3 Å². The largest absolute Gasteiger partial charge is 0.329 e. The lowest BCUT2D eigenvalue weighted by Crippen LogP contribution is -2.28. The van der Waals surface area contributed by atoms with E-state index in [9.17, 15) is 0 Å². The summed E-state index contributed by atoms with van der Waals surface area (Å²) in [5.74, 6) is 5.93. The van der Waals surface area contributed by atoms with Crippen molar-refractivity contribution in [1.29, 1.82) is 0 Å². The Morgan fingerprint density at radius 3 is 2.82 bits per heavy atom. The highest BCUT2D eigenvalue weighted by Crippen LogP contribution is 2.20. The first kappa shape index (κ1) is 14.2. The van der Waals surface area contributed by atoms with Gasteiger partial charge >= 0.3 is 0 Å². The molecule has 0 aromatic heterocycles. The van der Waals surface area contributed by atoms with Crippen LogP contribution in [0, 0.1) is 18.8 Å². The fraction of sp³-hybridized carbons (Fsp3) is 0.429. The molecule has 0 aliphatic rings. The highest BCUT2D eigenvalue weighted by molar-refractivity contribution is 9.10. The average molecular weight is 295 g/mol. The molecule has 0 saturated heterocycles. The molecular weight excluding hydrogens is 276 g/mol. The lowest BCUT2D eigenvalue weighted by atomic mass is 10.0. The van der Waals surface area contributed by atoms with E-state index in [1.807, 2.05) is 6.92 Å². The molecule has 17 heavy (non-hydrogen) atoms. The minimum atomic E-state index is 0.209. The zero-order chi connectivity index (χ0) is 12.7. The van der Waals surface area contributed by atoms with E-state index in [0.717, 1.165) is 17.4 Å². The lowest BCUT2D eigenvalue weighted by Gasteiger charge is -2.17. The third kappa shape index (κ3) is 4.51. The van der Waals surface area contributed by atoms with Crippen molar-refractivity contribution in [1.82, 2.24) is 5.32 Å². The standard InChI is InChI=1S/C14H19BrN2/c1-3-4-5-8-17-14(10-16)12-6-7-13(15)11(2)9-12/h6-7,9,14,17H,5,8,10,16H2,1-2H3. The van der Waals surface area contributed by atoms with Gasteiger partial charge in [-0.1, -0.05) is 28.1 Å². The number of benzene rings is 1. The van der Waals surface area contributed by atoms with E-state index < -0.39 is 0 Å². The maximum Gasteiger partial charge on any atom is 0.0444 e. The molecule has 0 aliphatic heterocycles. The van der Waals surface area contributed by atoms with Gasteiger partial charge in [0.1, 0.15) is 0 Å². The second-order valence-electron chi connectivity index (χ2n) is 3.93. The molecule has 0 heterocycles. The van der Waals surface area contributed by atoms with Crippen LogP contribution in [0.5, 0.6) is 0 Å². The highest BCUT2D eigenvalue weighted by Gasteiger charge is 2.09. The maximum atomic E-state index is 5.80. The summed E-state index contributed by atoms with van der Waals surface area (Å²) in [6, 6.07) is 6.55. The van der Waals surface area contributed by atoms with E-state index >= 15 is 0 Å². The Morgan fingerprint density at radius 1 is 1.47 bits per heavy atom. The molecule has 0 amide bonds. The molecule has 1 aromatic carbocycles. The van der Waals surface area contributed by atoms with Crippen molar-refractivity contribution in [3.63, 3.8) is 0 Å². The predicted molar refractivity (Wildman–Crippen MR) is 76.7 cm³/mol. The second-order valence-corrected chi connectivity index (χ2v) is 4.78. The zero-order valence-electron chi connectivity index (χ0n) is 10.4. The van der Waals surface area contributed by atoms with Crippen molar-refractivity contribution >= 4 is 15.9 Å². The van der Waals surface area contributed by atoms with Crippen LogP contribution in [0.15, 0.2) is 22.7 Å². The number of halogens is 1. The Kier molecular flexibility index (Phi) is 6.28. The summed E-state index contributed by atoms with van der Waals surface area (Å²) in [6.45, 7) is 5.42. The molecule has 1 atom stereocenters. The number of hydrogen-bond donors (Lipinski definition) is 2. The molecule has 0 spiro atoms. The summed E-state index contributed by atoms with van der Waals surface area (Å²) in [6.07, 6.45) is 0.864. The Morgan fingerprint density at radius 2 is 2.24 bits per heavy atom. The van der Waals surface area contributed by atoms with Crippen LogP contribution in [0.25, 0.3) is 0 Å². The van der Waals surface area contributed by atoms with Gasteiger partial charge in [-0.2, -0.15) is 0 Å². The van der Waals surface area contributed by atoms with E-state index in [2.05, 4.69) is 58.2 Å². The van der Waals surface area contributed by atoms with Crippen LogP contribution in [0.3, 0.4) is 0 Å². The molecule has 0 saturated carbocycles. The summed E-state index contributed by atoms with van der Waals surface area (Å²) >= 11 is 3.50. The maximum absolute atomic E-state index is 5.80. The second kappa shape index (κ2) is 7.50. The molecule has 92 valence electrons. The SMILES string of the molecule is CC#CCCNC(CN)c1ccc(Br)c(C)c1. The topological polar surface area (TPSA) is 38.0 Å². The average Bonchev–Trinajstić information content (AvgIpc) is 2.33. The zero-order valence-corrected chi connectivity index (χ0v) is 12.0. The van der Waals surface area contributed by atoms with Crippen molar-refractivity contribution in [2.24, 2.45) is 5.73 Å².